The lowest BCUT2D eigenvalue weighted by atomic mass is 10.1. The zero-order chi connectivity index (χ0) is 56.3. The van der Waals surface area contributed by atoms with Gasteiger partial charge in [-0.25, -0.2) is 0 Å². The van der Waals surface area contributed by atoms with Gasteiger partial charge in [0.2, 0.25) is 0 Å². The standard InChI is InChI=1S/C51H63N13O11S2/c1-32(36-13-21-59(2)47(72)40(36)65)52-18-25-63(26-19-53-44(69)37-14-22-60(3)48(73)41(37)66)28-29-64(27-20-54-45(70)38-15-23-61(4)49(74)42(38)67)30-35(57-46(71)39-16-24-62(5)50(75)43(39)68)8-6-7-17-55-51(77)58-34-11-9-33(10-12-34)56-31-76/h9-16,21-24,35,52,65-68H,1,6-8,17-20,25-30H2,2-5H3,(H,53,69)(H,54,70)(H,57,71)(H2,55,58,77). The molecular weight excluding hydrogens is 1030 g/mol. The van der Waals surface area contributed by atoms with E-state index in [1.807, 2.05) is 9.80 Å². The van der Waals surface area contributed by atoms with Gasteiger partial charge in [-0.05, 0) is 92.2 Å². The molecule has 0 aliphatic rings. The lowest BCUT2D eigenvalue weighted by molar-refractivity contribution is 0.0906. The van der Waals surface area contributed by atoms with Crippen LogP contribution >= 0.6 is 24.4 Å². The molecule has 410 valence electrons. The normalized spacial score (nSPS) is 11.4. The summed E-state index contributed by atoms with van der Waals surface area (Å²) in [6, 6.07) is 12.0. The molecule has 0 saturated heterocycles. The van der Waals surface area contributed by atoms with Gasteiger partial charge in [0.25, 0.3) is 40.0 Å². The largest absolute Gasteiger partial charge is 0.503 e. The van der Waals surface area contributed by atoms with Crippen molar-refractivity contribution in [2.24, 2.45) is 33.2 Å². The highest BCUT2D eigenvalue weighted by molar-refractivity contribution is 7.80. The van der Waals surface area contributed by atoms with Gasteiger partial charge in [0.1, 0.15) is 0 Å². The van der Waals surface area contributed by atoms with Crippen LogP contribution in [0.2, 0.25) is 0 Å². The van der Waals surface area contributed by atoms with Crippen LogP contribution in [0.15, 0.2) is 104 Å². The Bertz CT molecular complexity index is 3180. The molecular formula is C51H63N13O11S2. The first kappa shape index (κ1) is 59.5. The third kappa shape index (κ3) is 16.8. The fourth-order valence-electron chi connectivity index (χ4n) is 7.82. The van der Waals surface area contributed by atoms with Gasteiger partial charge in [0, 0.05) is 141 Å². The zero-order valence-corrected chi connectivity index (χ0v) is 44.6. The first-order chi connectivity index (χ1) is 36.7. The number of isothiocyanates is 1. The molecule has 10 N–H and O–H groups in total. The Morgan fingerprint density at radius 3 is 1.51 bits per heavy atom. The van der Waals surface area contributed by atoms with Gasteiger partial charge in [-0.3, -0.25) is 43.4 Å². The topological polar surface area (TPSA) is 311 Å². The van der Waals surface area contributed by atoms with E-state index in [9.17, 15) is 54.0 Å². The number of aliphatic imine (C=N–C) groups is 1. The number of thiocarbonyl (C=S) groups is 2. The molecule has 0 fully saturated rings. The second-order valence-corrected chi connectivity index (χ2v) is 18.4. The molecule has 5 rings (SSSR count). The molecule has 0 radical (unpaired) electrons. The molecule has 1 aromatic carbocycles. The summed E-state index contributed by atoms with van der Waals surface area (Å²) in [7, 11) is 5.79. The smallest absolute Gasteiger partial charge is 0.293 e. The van der Waals surface area contributed by atoms with Crippen molar-refractivity contribution in [2.75, 3.05) is 70.8 Å². The van der Waals surface area contributed by atoms with Crippen LogP contribution in [0, 0.1) is 0 Å². The van der Waals surface area contributed by atoms with Crippen molar-refractivity contribution in [1.82, 2.24) is 54.7 Å². The Hall–Kier alpha value is -8.42. The summed E-state index contributed by atoms with van der Waals surface area (Å²) in [4.78, 5) is 98.3. The highest BCUT2D eigenvalue weighted by Crippen LogP contribution is 2.19. The Morgan fingerprint density at radius 2 is 1.01 bits per heavy atom. The molecule has 4 aromatic heterocycles. The van der Waals surface area contributed by atoms with Crippen LogP contribution < -0.4 is 54.1 Å². The average Bonchev–Trinajstić information content (AvgIpc) is 3.39. The van der Waals surface area contributed by atoms with E-state index in [1.54, 1.807) is 30.3 Å². The van der Waals surface area contributed by atoms with E-state index in [2.05, 4.69) is 60.9 Å². The molecule has 4 heterocycles. The number of hydrogen-bond donors (Lipinski definition) is 10. The first-order valence-electron chi connectivity index (χ1n) is 24.2. The number of aromatic nitrogens is 4. The third-order valence-corrected chi connectivity index (χ3v) is 12.7. The molecule has 26 heteroatoms. The second kappa shape index (κ2) is 28.5. The van der Waals surface area contributed by atoms with Gasteiger partial charge in [-0.2, -0.15) is 4.99 Å². The minimum atomic E-state index is -0.770. The van der Waals surface area contributed by atoms with Gasteiger partial charge in [0.05, 0.1) is 27.5 Å². The van der Waals surface area contributed by atoms with Gasteiger partial charge in [-0.1, -0.05) is 6.58 Å². The predicted octanol–water partition coefficient (Wildman–Crippen LogP) is 1.02. The molecule has 1 unspecified atom stereocenters. The average molecular weight is 1100 g/mol. The molecule has 0 aliphatic carbocycles. The number of aromatic hydroxyl groups is 4. The second-order valence-electron chi connectivity index (χ2n) is 17.8. The van der Waals surface area contributed by atoms with Crippen molar-refractivity contribution in [1.29, 1.82) is 0 Å². The fraction of sp³-hybridized carbons (Fsp3) is 0.353. The number of nitrogens with one attached hydrogen (secondary N) is 6. The van der Waals surface area contributed by atoms with Crippen LogP contribution in [0.5, 0.6) is 23.0 Å². The summed E-state index contributed by atoms with van der Waals surface area (Å²) in [5, 5.41) is 62.8. The number of aryl methyl sites for hydroxylation is 4. The van der Waals surface area contributed by atoms with Gasteiger partial charge in [-0.15, -0.1) is 0 Å². The van der Waals surface area contributed by atoms with Crippen molar-refractivity contribution in [2.45, 2.75) is 25.3 Å². The Kier molecular flexibility index (Phi) is 22.0. The zero-order valence-electron chi connectivity index (χ0n) is 43.0. The lowest BCUT2D eigenvalue weighted by Crippen LogP contribution is -2.49. The van der Waals surface area contributed by atoms with Crippen molar-refractivity contribution < 1.29 is 34.8 Å². The number of anilines is 1. The highest BCUT2D eigenvalue weighted by atomic mass is 32.1. The number of carbonyl (C=O) groups excluding carboxylic acids is 3. The molecule has 0 aliphatic heterocycles. The maximum atomic E-state index is 13.9. The SMILES string of the molecule is C=C(NCCN(CCNC(=O)c1ccn(C)c(=O)c1O)CCN(CCNC(=O)c1ccn(C)c(=O)c1O)CC(CCCCNC(=S)Nc1ccc(N=C=S)cc1)NC(=O)c1ccn(C)c(=O)c1O)c1ccn(C)c(=O)c1O. The monoisotopic (exact) mass is 1100 g/mol. The van der Waals surface area contributed by atoms with E-state index < -0.39 is 69.0 Å². The van der Waals surface area contributed by atoms with Gasteiger partial charge < -0.3 is 70.6 Å². The summed E-state index contributed by atoms with van der Waals surface area (Å²) < 4.78 is 4.61. The Labute approximate surface area is 453 Å². The van der Waals surface area contributed by atoms with E-state index in [-0.39, 0.29) is 80.3 Å². The molecule has 24 nitrogen and oxygen atoms in total. The molecule has 77 heavy (non-hydrogen) atoms. The lowest BCUT2D eigenvalue weighted by Gasteiger charge is -2.31. The van der Waals surface area contributed by atoms with Crippen LogP contribution in [0.1, 0.15) is 55.9 Å². The van der Waals surface area contributed by atoms with Crippen LogP contribution in [-0.2, 0) is 28.2 Å². The van der Waals surface area contributed by atoms with E-state index in [1.165, 1.54) is 75.7 Å². The van der Waals surface area contributed by atoms with E-state index in [4.69, 9.17) is 12.2 Å². The number of rotatable bonds is 27. The maximum Gasteiger partial charge on any atom is 0.293 e. The molecule has 0 saturated carbocycles. The number of pyridine rings is 4. The minimum absolute atomic E-state index is 0.00212. The summed E-state index contributed by atoms with van der Waals surface area (Å²) in [5.41, 5.74) is -1.75. The molecule has 3 amide bonds. The van der Waals surface area contributed by atoms with Crippen LogP contribution in [0.25, 0.3) is 5.70 Å². The number of carbonyl (C=O) groups is 3. The van der Waals surface area contributed by atoms with Crippen LogP contribution in [0.3, 0.4) is 0 Å². The maximum absolute atomic E-state index is 13.9. The van der Waals surface area contributed by atoms with Crippen molar-refractivity contribution in [3.63, 3.8) is 0 Å². The van der Waals surface area contributed by atoms with E-state index in [0.29, 0.717) is 43.2 Å². The number of amides is 3. The van der Waals surface area contributed by atoms with Crippen LogP contribution in [0.4, 0.5) is 11.4 Å². The van der Waals surface area contributed by atoms with Crippen molar-refractivity contribution in [3.05, 3.63) is 144 Å². The van der Waals surface area contributed by atoms with E-state index >= 15 is 0 Å². The van der Waals surface area contributed by atoms with Gasteiger partial charge >= 0.3 is 0 Å². The molecule has 0 bridgehead atoms. The third-order valence-electron chi connectivity index (χ3n) is 12.3. The summed E-state index contributed by atoms with van der Waals surface area (Å²) in [5.74, 6) is -4.76. The quantitative estimate of drug-likeness (QED) is 0.0199. The van der Waals surface area contributed by atoms with E-state index in [0.717, 1.165) is 19.4 Å². The number of hydrogen-bond acceptors (Lipinski definition) is 17. The summed E-state index contributed by atoms with van der Waals surface area (Å²) in [6.45, 7) is 6.10. The number of nitrogens with zero attached hydrogens (tertiary/aromatic N) is 7. The summed E-state index contributed by atoms with van der Waals surface area (Å²) >= 11 is 10.2. The predicted molar refractivity (Wildman–Crippen MR) is 298 cm³/mol. The fourth-order valence-corrected chi connectivity index (χ4v) is 8.15. The van der Waals surface area contributed by atoms with Crippen molar-refractivity contribution in [3.8, 4) is 23.0 Å². The summed E-state index contributed by atoms with van der Waals surface area (Å²) in [6.07, 6.45) is 7.09. The first-order valence-corrected chi connectivity index (χ1v) is 25.0. The Morgan fingerprint density at radius 1 is 0.584 bits per heavy atom. The molecule has 0 spiro atoms. The molecule has 1 atom stereocenters. The Balaban J connectivity index is 1.37. The highest BCUT2D eigenvalue weighted by Gasteiger charge is 2.23. The molecule has 5 aromatic rings. The number of benzene rings is 1. The van der Waals surface area contributed by atoms with Gasteiger partial charge in [0.15, 0.2) is 28.1 Å². The van der Waals surface area contributed by atoms with Crippen LogP contribution in [-0.4, -0.2) is 148 Å². The minimum Gasteiger partial charge on any atom is -0.503 e. The van der Waals surface area contributed by atoms with Crippen molar-refractivity contribution >= 4 is 69.5 Å². The number of unbranched alkanes of at least 4 members (excludes halogenated alkanes) is 1.